The van der Waals surface area contributed by atoms with Gasteiger partial charge in [-0.2, -0.15) is 0 Å². The van der Waals surface area contributed by atoms with E-state index in [2.05, 4.69) is 10.3 Å². The molecule has 3 heterocycles. The Balaban J connectivity index is 1.45. The summed E-state index contributed by atoms with van der Waals surface area (Å²) in [7, 11) is 0. The number of carbonyl (C=O) groups is 1. The second-order valence-electron chi connectivity index (χ2n) is 7.07. The van der Waals surface area contributed by atoms with Crippen LogP contribution in [0.1, 0.15) is 41.4 Å². The highest BCUT2D eigenvalue weighted by Crippen LogP contribution is 2.26. The van der Waals surface area contributed by atoms with Crippen LogP contribution in [0.2, 0.25) is 0 Å². The van der Waals surface area contributed by atoms with E-state index < -0.39 is 0 Å². The van der Waals surface area contributed by atoms with Crippen molar-refractivity contribution in [2.45, 2.75) is 38.1 Å². The van der Waals surface area contributed by atoms with Gasteiger partial charge in [-0.25, -0.2) is 14.4 Å². The molecule has 1 saturated heterocycles. The molecule has 1 atom stereocenters. The molecule has 0 radical (unpaired) electrons. The average Bonchev–Trinajstić information content (AvgIpc) is 2.69. The Bertz CT molecular complexity index is 810. The van der Waals surface area contributed by atoms with Gasteiger partial charge >= 0.3 is 0 Å². The van der Waals surface area contributed by atoms with Crippen molar-refractivity contribution in [1.29, 1.82) is 0 Å². The van der Waals surface area contributed by atoms with Gasteiger partial charge < -0.3 is 10.2 Å². The number of aromatic nitrogens is 2. The summed E-state index contributed by atoms with van der Waals surface area (Å²) in [6.07, 6.45) is 4.86. The van der Waals surface area contributed by atoms with Crippen LogP contribution in [0, 0.1) is 5.82 Å². The van der Waals surface area contributed by atoms with Crippen molar-refractivity contribution in [3.05, 3.63) is 58.9 Å². The summed E-state index contributed by atoms with van der Waals surface area (Å²) < 4.78 is 13.8. The predicted molar refractivity (Wildman–Crippen MR) is 96.1 cm³/mol. The first kappa shape index (κ1) is 17.1. The fraction of sp³-hybridized carbons (Fsp3) is 0.450. The molecule has 6 heteroatoms. The van der Waals surface area contributed by atoms with Crippen molar-refractivity contribution in [1.82, 2.24) is 20.2 Å². The van der Waals surface area contributed by atoms with Crippen LogP contribution < -0.4 is 5.32 Å². The van der Waals surface area contributed by atoms with Gasteiger partial charge in [-0.3, -0.25) is 4.79 Å². The SMILES string of the molecule is O=C(Cc1ccccc1F)N1CCC[C@@H](c2ncc3c(n2)CCNC3)C1. The van der Waals surface area contributed by atoms with Crippen LogP contribution in [0.5, 0.6) is 0 Å². The molecule has 0 bridgehead atoms. The van der Waals surface area contributed by atoms with E-state index in [0.717, 1.165) is 50.4 Å². The van der Waals surface area contributed by atoms with Crippen molar-refractivity contribution in [2.75, 3.05) is 19.6 Å². The molecule has 1 aromatic heterocycles. The van der Waals surface area contributed by atoms with Gasteiger partial charge in [0.25, 0.3) is 0 Å². The Labute approximate surface area is 152 Å². The molecule has 0 saturated carbocycles. The third-order valence-electron chi connectivity index (χ3n) is 5.27. The van der Waals surface area contributed by atoms with Crippen LogP contribution in [-0.2, 0) is 24.2 Å². The maximum absolute atomic E-state index is 13.8. The number of rotatable bonds is 3. The van der Waals surface area contributed by atoms with E-state index in [9.17, 15) is 9.18 Å². The molecule has 1 amide bonds. The molecule has 0 aliphatic carbocycles. The second-order valence-corrected chi connectivity index (χ2v) is 7.07. The van der Waals surface area contributed by atoms with Gasteiger partial charge in [0.05, 0.1) is 6.42 Å². The van der Waals surface area contributed by atoms with Gasteiger partial charge in [-0.1, -0.05) is 18.2 Å². The van der Waals surface area contributed by atoms with Crippen LogP contribution in [0.25, 0.3) is 0 Å². The molecule has 4 rings (SSSR count). The highest BCUT2D eigenvalue weighted by molar-refractivity contribution is 5.79. The molecule has 2 aromatic rings. The summed E-state index contributed by atoms with van der Waals surface area (Å²) >= 11 is 0. The van der Waals surface area contributed by atoms with E-state index in [0.29, 0.717) is 12.1 Å². The monoisotopic (exact) mass is 354 g/mol. The molecule has 136 valence electrons. The molecule has 1 aromatic carbocycles. The minimum atomic E-state index is -0.318. The molecule has 1 N–H and O–H groups in total. The molecule has 0 spiro atoms. The number of nitrogens with one attached hydrogen (secondary N) is 1. The number of hydrogen-bond donors (Lipinski definition) is 1. The van der Waals surface area contributed by atoms with Crippen molar-refractivity contribution >= 4 is 5.91 Å². The molecule has 2 aliphatic heterocycles. The van der Waals surface area contributed by atoms with Crippen LogP contribution in [0.4, 0.5) is 4.39 Å². The van der Waals surface area contributed by atoms with Crippen molar-refractivity contribution in [2.24, 2.45) is 0 Å². The lowest BCUT2D eigenvalue weighted by atomic mass is 9.96. The standard InChI is InChI=1S/C20H23FN4O/c21-17-6-2-1-4-14(17)10-19(26)25-9-3-5-15(13-25)20-23-12-16-11-22-8-7-18(16)24-20/h1-2,4,6,12,15,22H,3,5,7-11,13H2/t15-/m1/s1. The first-order chi connectivity index (χ1) is 12.7. The quantitative estimate of drug-likeness (QED) is 0.918. The lowest BCUT2D eigenvalue weighted by Crippen LogP contribution is -2.40. The van der Waals surface area contributed by atoms with E-state index >= 15 is 0 Å². The van der Waals surface area contributed by atoms with Gasteiger partial charge in [-0.15, -0.1) is 0 Å². The van der Waals surface area contributed by atoms with Crippen LogP contribution in [0.15, 0.2) is 30.5 Å². The fourth-order valence-electron chi connectivity index (χ4n) is 3.78. The summed E-state index contributed by atoms with van der Waals surface area (Å²) in [6, 6.07) is 6.48. The Morgan fingerprint density at radius 1 is 1.35 bits per heavy atom. The Morgan fingerprint density at radius 2 is 2.23 bits per heavy atom. The van der Waals surface area contributed by atoms with E-state index in [1.165, 1.54) is 11.6 Å². The zero-order valence-electron chi connectivity index (χ0n) is 14.7. The lowest BCUT2D eigenvalue weighted by molar-refractivity contribution is -0.131. The van der Waals surface area contributed by atoms with Crippen molar-refractivity contribution in [3.63, 3.8) is 0 Å². The maximum atomic E-state index is 13.8. The number of hydrogen-bond acceptors (Lipinski definition) is 4. The molecular weight excluding hydrogens is 331 g/mol. The van der Waals surface area contributed by atoms with Crippen molar-refractivity contribution in [3.8, 4) is 0 Å². The molecule has 0 unspecified atom stereocenters. The van der Waals surface area contributed by atoms with Crippen LogP contribution in [-0.4, -0.2) is 40.4 Å². The topological polar surface area (TPSA) is 58.1 Å². The molecule has 2 aliphatic rings. The highest BCUT2D eigenvalue weighted by Gasteiger charge is 2.27. The van der Waals surface area contributed by atoms with Crippen molar-refractivity contribution < 1.29 is 9.18 Å². The van der Waals surface area contributed by atoms with E-state index in [4.69, 9.17) is 4.98 Å². The largest absolute Gasteiger partial charge is 0.342 e. The first-order valence-electron chi connectivity index (χ1n) is 9.27. The minimum absolute atomic E-state index is 0.0260. The smallest absolute Gasteiger partial charge is 0.227 e. The summed E-state index contributed by atoms with van der Waals surface area (Å²) in [5, 5.41) is 3.33. The second kappa shape index (κ2) is 7.50. The highest BCUT2D eigenvalue weighted by atomic mass is 19.1. The van der Waals surface area contributed by atoms with E-state index in [-0.39, 0.29) is 24.1 Å². The number of amides is 1. The molecule has 1 fully saturated rings. The molecular formula is C20H23FN4O. The van der Waals surface area contributed by atoms with Gasteiger partial charge in [0.15, 0.2) is 0 Å². The maximum Gasteiger partial charge on any atom is 0.227 e. The fourth-order valence-corrected chi connectivity index (χ4v) is 3.78. The average molecular weight is 354 g/mol. The third kappa shape index (κ3) is 3.60. The van der Waals surface area contributed by atoms with Crippen LogP contribution >= 0.6 is 0 Å². The molecule has 5 nitrogen and oxygen atoms in total. The minimum Gasteiger partial charge on any atom is -0.342 e. The summed E-state index contributed by atoms with van der Waals surface area (Å²) in [5.41, 5.74) is 2.75. The summed E-state index contributed by atoms with van der Waals surface area (Å²) in [6.45, 7) is 3.11. The van der Waals surface area contributed by atoms with E-state index in [1.54, 1.807) is 18.2 Å². The number of nitrogens with zero attached hydrogens (tertiary/aromatic N) is 3. The Kier molecular flexibility index (Phi) is 4.93. The number of carbonyl (C=O) groups excluding carboxylic acids is 1. The Morgan fingerprint density at radius 3 is 3.12 bits per heavy atom. The Hall–Kier alpha value is -2.34. The van der Waals surface area contributed by atoms with Gasteiger partial charge in [-0.05, 0) is 24.5 Å². The number of halogens is 1. The summed E-state index contributed by atoms with van der Waals surface area (Å²) in [4.78, 5) is 23.8. The zero-order valence-corrected chi connectivity index (χ0v) is 14.7. The van der Waals surface area contributed by atoms with Gasteiger partial charge in [0.1, 0.15) is 11.6 Å². The summed E-state index contributed by atoms with van der Waals surface area (Å²) in [5.74, 6) is 0.658. The first-order valence-corrected chi connectivity index (χ1v) is 9.27. The van der Waals surface area contributed by atoms with Gasteiger partial charge in [0.2, 0.25) is 5.91 Å². The van der Waals surface area contributed by atoms with E-state index in [1.807, 2.05) is 11.1 Å². The zero-order chi connectivity index (χ0) is 17.9. The number of piperidine rings is 1. The number of fused-ring (bicyclic) bond motifs is 1. The molecule has 26 heavy (non-hydrogen) atoms. The van der Waals surface area contributed by atoms with Gasteiger partial charge in [0, 0.05) is 56.0 Å². The number of benzene rings is 1. The lowest BCUT2D eigenvalue weighted by Gasteiger charge is -2.32. The predicted octanol–water partition coefficient (Wildman–Crippen LogP) is 2.21. The normalized spacial score (nSPS) is 19.9. The number of likely N-dealkylation sites (tertiary alicyclic amines) is 1. The van der Waals surface area contributed by atoms with Crippen LogP contribution in [0.3, 0.4) is 0 Å². The third-order valence-corrected chi connectivity index (χ3v) is 5.27.